The van der Waals surface area contributed by atoms with Gasteiger partial charge in [-0.05, 0) is 50.8 Å². The third-order valence-corrected chi connectivity index (χ3v) is 6.41. The summed E-state index contributed by atoms with van der Waals surface area (Å²) in [6, 6.07) is 6.60. The van der Waals surface area contributed by atoms with Gasteiger partial charge < -0.3 is 9.64 Å². The minimum atomic E-state index is -4.69. The van der Waals surface area contributed by atoms with Gasteiger partial charge in [-0.3, -0.25) is 9.69 Å². The summed E-state index contributed by atoms with van der Waals surface area (Å²) in [7, 11) is 0. The topological polar surface area (TPSA) is 50.6 Å². The molecule has 2 fully saturated rings. The van der Waals surface area contributed by atoms with Crippen molar-refractivity contribution in [1.29, 1.82) is 0 Å². The summed E-state index contributed by atoms with van der Waals surface area (Å²) in [4.78, 5) is 17.0. The molecule has 6 nitrogen and oxygen atoms in total. The average Bonchev–Trinajstić information content (AvgIpc) is 3.25. The zero-order valence-electron chi connectivity index (χ0n) is 18.3. The van der Waals surface area contributed by atoms with Gasteiger partial charge in [-0.25, -0.2) is 4.68 Å². The molecule has 0 saturated carbocycles. The largest absolute Gasteiger partial charge is 0.434 e. The molecular formula is C23H29F3N4O2. The lowest BCUT2D eigenvalue weighted by atomic mass is 9.93. The Bertz CT molecular complexity index is 912. The quantitative estimate of drug-likeness (QED) is 0.696. The lowest BCUT2D eigenvalue weighted by Gasteiger charge is -2.34. The number of carbonyl (C=O) groups excluding carboxylic acids is 1. The Labute approximate surface area is 185 Å². The standard InChI is InChI=1S/C23H29F3N4O2/c1-17-2-4-19(5-3-17)30-21(23(24,25)26)20(16-27-30)22(31)29-10-7-18(8-11-29)6-9-28-12-14-32-15-13-28/h2-5,16,18H,6-15H2,1H3. The Morgan fingerprint density at radius 3 is 2.38 bits per heavy atom. The maximum atomic E-state index is 13.9. The molecule has 2 aromatic rings. The number of benzene rings is 1. The van der Waals surface area contributed by atoms with Crippen LogP contribution < -0.4 is 0 Å². The van der Waals surface area contributed by atoms with Crippen molar-refractivity contribution in [3.8, 4) is 5.69 Å². The van der Waals surface area contributed by atoms with Crippen molar-refractivity contribution >= 4 is 5.91 Å². The molecule has 4 rings (SSSR count). The lowest BCUT2D eigenvalue weighted by Crippen LogP contribution is -2.41. The second-order valence-corrected chi connectivity index (χ2v) is 8.63. The van der Waals surface area contributed by atoms with Crippen LogP contribution in [0.2, 0.25) is 0 Å². The van der Waals surface area contributed by atoms with Gasteiger partial charge in [0.2, 0.25) is 0 Å². The summed E-state index contributed by atoms with van der Waals surface area (Å²) in [6.45, 7) is 7.24. The summed E-state index contributed by atoms with van der Waals surface area (Å²) >= 11 is 0. The number of amides is 1. The highest BCUT2D eigenvalue weighted by atomic mass is 19.4. The zero-order valence-corrected chi connectivity index (χ0v) is 18.3. The predicted octanol–water partition coefficient (Wildman–Crippen LogP) is 3.77. The van der Waals surface area contributed by atoms with Gasteiger partial charge in [-0.15, -0.1) is 0 Å². The van der Waals surface area contributed by atoms with Crippen LogP contribution in [-0.2, 0) is 10.9 Å². The maximum Gasteiger partial charge on any atom is 0.434 e. The van der Waals surface area contributed by atoms with E-state index in [1.54, 1.807) is 24.3 Å². The molecule has 1 amide bonds. The number of aryl methyl sites for hydroxylation is 1. The third kappa shape index (κ3) is 5.15. The van der Waals surface area contributed by atoms with Gasteiger partial charge in [0.05, 0.1) is 30.7 Å². The number of hydrogen-bond acceptors (Lipinski definition) is 4. The number of carbonyl (C=O) groups is 1. The first-order valence-corrected chi connectivity index (χ1v) is 11.1. The first-order valence-electron chi connectivity index (χ1n) is 11.1. The molecule has 0 spiro atoms. The van der Waals surface area contributed by atoms with E-state index in [2.05, 4.69) is 10.00 Å². The first kappa shape index (κ1) is 22.8. The number of aromatic nitrogens is 2. The highest BCUT2D eigenvalue weighted by Crippen LogP contribution is 2.35. The number of hydrogen-bond donors (Lipinski definition) is 0. The summed E-state index contributed by atoms with van der Waals surface area (Å²) in [5.41, 5.74) is -0.184. The van der Waals surface area contributed by atoms with Crippen molar-refractivity contribution in [2.75, 3.05) is 45.9 Å². The SMILES string of the molecule is Cc1ccc(-n2ncc(C(=O)N3CCC(CCN4CCOCC4)CC3)c2C(F)(F)F)cc1. The van der Waals surface area contributed by atoms with Crippen LogP contribution in [-0.4, -0.2) is 71.4 Å². The number of nitrogens with zero attached hydrogens (tertiary/aromatic N) is 4. The minimum Gasteiger partial charge on any atom is -0.379 e. The molecule has 0 N–H and O–H groups in total. The Hall–Kier alpha value is -2.39. The summed E-state index contributed by atoms with van der Waals surface area (Å²) in [5.74, 6) is -0.110. The normalized spacial score (nSPS) is 18.8. The first-order chi connectivity index (χ1) is 15.3. The monoisotopic (exact) mass is 450 g/mol. The number of rotatable bonds is 5. The molecule has 0 aliphatic carbocycles. The smallest absolute Gasteiger partial charge is 0.379 e. The second-order valence-electron chi connectivity index (χ2n) is 8.63. The highest BCUT2D eigenvalue weighted by molar-refractivity contribution is 5.95. The Kier molecular flexibility index (Phi) is 6.85. The second kappa shape index (κ2) is 9.62. The van der Waals surface area contributed by atoms with Crippen molar-refractivity contribution in [2.45, 2.75) is 32.4 Å². The molecule has 2 saturated heterocycles. The predicted molar refractivity (Wildman–Crippen MR) is 114 cm³/mol. The fraction of sp³-hybridized carbons (Fsp3) is 0.565. The number of ether oxygens (including phenoxy) is 1. The van der Waals surface area contributed by atoms with E-state index in [-0.39, 0.29) is 11.3 Å². The van der Waals surface area contributed by atoms with Crippen LogP contribution in [0.4, 0.5) is 13.2 Å². The maximum absolute atomic E-state index is 13.9. The van der Waals surface area contributed by atoms with E-state index in [1.807, 2.05) is 6.92 Å². The lowest BCUT2D eigenvalue weighted by molar-refractivity contribution is -0.143. The molecule has 2 aliphatic rings. The highest BCUT2D eigenvalue weighted by Gasteiger charge is 2.41. The average molecular weight is 451 g/mol. The van der Waals surface area contributed by atoms with Crippen molar-refractivity contribution < 1.29 is 22.7 Å². The summed E-state index contributed by atoms with van der Waals surface area (Å²) in [5, 5.41) is 3.93. The van der Waals surface area contributed by atoms with Crippen LogP contribution in [0.25, 0.3) is 5.69 Å². The fourth-order valence-electron chi connectivity index (χ4n) is 4.44. The van der Waals surface area contributed by atoms with Crippen LogP contribution >= 0.6 is 0 Å². The van der Waals surface area contributed by atoms with Crippen molar-refractivity contribution in [3.05, 3.63) is 47.3 Å². The van der Waals surface area contributed by atoms with Crippen LogP contribution in [0.1, 0.15) is 40.9 Å². The van der Waals surface area contributed by atoms with E-state index < -0.39 is 17.8 Å². The molecule has 1 aromatic carbocycles. The van der Waals surface area contributed by atoms with E-state index in [0.29, 0.717) is 19.0 Å². The molecule has 0 unspecified atom stereocenters. The molecule has 3 heterocycles. The van der Waals surface area contributed by atoms with Gasteiger partial charge in [0, 0.05) is 26.2 Å². The van der Waals surface area contributed by atoms with Gasteiger partial charge in [0.25, 0.3) is 5.91 Å². The van der Waals surface area contributed by atoms with Crippen molar-refractivity contribution in [1.82, 2.24) is 19.6 Å². The molecular weight excluding hydrogens is 421 g/mol. The number of halogens is 3. The van der Waals surface area contributed by atoms with E-state index in [0.717, 1.165) is 68.6 Å². The number of morpholine rings is 1. The van der Waals surface area contributed by atoms with Crippen molar-refractivity contribution in [2.24, 2.45) is 5.92 Å². The molecule has 1 aromatic heterocycles. The van der Waals surface area contributed by atoms with Crippen LogP contribution in [0.5, 0.6) is 0 Å². The summed E-state index contributed by atoms with van der Waals surface area (Å²) < 4.78 is 48.0. The molecule has 0 bridgehead atoms. The third-order valence-electron chi connectivity index (χ3n) is 6.41. The number of alkyl halides is 3. The van der Waals surface area contributed by atoms with Crippen LogP contribution in [0.3, 0.4) is 0 Å². The molecule has 2 aliphatic heterocycles. The molecule has 32 heavy (non-hydrogen) atoms. The van der Waals surface area contributed by atoms with E-state index in [4.69, 9.17) is 4.74 Å². The Balaban J connectivity index is 1.42. The summed E-state index contributed by atoms with van der Waals surface area (Å²) in [6.07, 6.45) is -0.980. The number of likely N-dealkylation sites (tertiary alicyclic amines) is 1. The molecule has 0 atom stereocenters. The zero-order chi connectivity index (χ0) is 22.7. The fourth-order valence-corrected chi connectivity index (χ4v) is 4.44. The number of piperidine rings is 1. The minimum absolute atomic E-state index is 0.281. The Morgan fingerprint density at radius 2 is 1.75 bits per heavy atom. The van der Waals surface area contributed by atoms with E-state index >= 15 is 0 Å². The van der Waals surface area contributed by atoms with Gasteiger partial charge in [-0.1, -0.05) is 17.7 Å². The van der Waals surface area contributed by atoms with Gasteiger partial charge in [0.1, 0.15) is 0 Å². The van der Waals surface area contributed by atoms with E-state index in [1.165, 1.54) is 4.90 Å². The van der Waals surface area contributed by atoms with Crippen LogP contribution in [0.15, 0.2) is 30.5 Å². The van der Waals surface area contributed by atoms with E-state index in [9.17, 15) is 18.0 Å². The molecule has 9 heteroatoms. The Morgan fingerprint density at radius 1 is 1.09 bits per heavy atom. The molecule has 0 radical (unpaired) electrons. The molecule has 174 valence electrons. The van der Waals surface area contributed by atoms with Crippen molar-refractivity contribution in [3.63, 3.8) is 0 Å². The van der Waals surface area contributed by atoms with Gasteiger partial charge >= 0.3 is 6.18 Å². The van der Waals surface area contributed by atoms with Gasteiger partial charge in [-0.2, -0.15) is 18.3 Å². The van der Waals surface area contributed by atoms with Gasteiger partial charge in [0.15, 0.2) is 5.69 Å². The van der Waals surface area contributed by atoms with Crippen LogP contribution in [0, 0.1) is 12.8 Å².